The predicted octanol–water partition coefficient (Wildman–Crippen LogP) is 4.08. The average molecular weight is 380 g/mol. The van der Waals surface area contributed by atoms with Crippen molar-refractivity contribution in [2.24, 2.45) is 12.2 Å². The molecule has 0 spiro atoms. The molecule has 0 aliphatic heterocycles. The van der Waals surface area contributed by atoms with Gasteiger partial charge in [-0.2, -0.15) is 9.49 Å². The van der Waals surface area contributed by atoms with Crippen molar-refractivity contribution in [3.05, 3.63) is 70.8 Å². The first kappa shape index (κ1) is 19.3. The summed E-state index contributed by atoms with van der Waals surface area (Å²) in [6.07, 6.45) is 1.61. The Kier molecular flexibility index (Phi) is 5.54. The highest BCUT2D eigenvalue weighted by atomic mass is 19.1. The minimum absolute atomic E-state index is 0.0546. The molecular formula is C21H21FN4O2. The van der Waals surface area contributed by atoms with Crippen LogP contribution < -0.4 is 5.32 Å². The lowest BCUT2D eigenvalue weighted by molar-refractivity contribution is 0.102. The minimum Gasteiger partial charge on any atom is -0.399 e. The first-order chi connectivity index (χ1) is 13.4. The maximum Gasteiger partial charge on any atom is 0.262 e. The molecule has 144 valence electrons. The number of benzene rings is 2. The maximum absolute atomic E-state index is 14.2. The number of aromatic nitrogens is 2. The summed E-state index contributed by atoms with van der Waals surface area (Å²) in [6, 6.07) is 13.4. The monoisotopic (exact) mass is 380 g/mol. The third kappa shape index (κ3) is 3.93. The van der Waals surface area contributed by atoms with Crippen LogP contribution in [0.4, 0.5) is 10.1 Å². The van der Waals surface area contributed by atoms with Crippen LogP contribution in [0.5, 0.6) is 0 Å². The van der Waals surface area contributed by atoms with Crippen molar-refractivity contribution in [1.29, 1.82) is 0 Å². The molecule has 0 unspecified atom stereocenters. The van der Waals surface area contributed by atoms with E-state index in [1.807, 2.05) is 49.4 Å². The maximum atomic E-state index is 14.2. The summed E-state index contributed by atoms with van der Waals surface area (Å²) in [6.45, 7) is 3.54. The highest BCUT2D eigenvalue weighted by Gasteiger charge is 2.21. The third-order valence-corrected chi connectivity index (χ3v) is 4.33. The molecule has 0 saturated carbocycles. The predicted molar refractivity (Wildman–Crippen MR) is 107 cm³/mol. The van der Waals surface area contributed by atoms with Crippen LogP contribution in [0, 0.1) is 19.8 Å². The number of halogens is 1. The molecule has 0 saturated heterocycles. The van der Waals surface area contributed by atoms with E-state index < -0.39 is 11.9 Å². The number of rotatable bonds is 5. The summed E-state index contributed by atoms with van der Waals surface area (Å²) in [4.78, 5) is 17.4. The number of carbonyl (C=O) groups is 1. The standard InChI is InChI=1S/C21H21FN4O2/c1-13-5-10-17(16-8-6-15(7-9-16)12-23-28-4)18(11-13)24-21(27)19-14(2)25-26(3)20(19)22/h5-12H,1-4H3,(H,24,27)/b23-12+. The third-order valence-electron chi connectivity index (χ3n) is 4.33. The molecule has 0 aliphatic rings. The number of nitrogens with one attached hydrogen (secondary N) is 1. The van der Waals surface area contributed by atoms with E-state index in [0.29, 0.717) is 11.4 Å². The van der Waals surface area contributed by atoms with Crippen LogP contribution in [0.2, 0.25) is 0 Å². The summed E-state index contributed by atoms with van der Waals surface area (Å²) in [5.74, 6) is -1.19. The molecule has 1 amide bonds. The summed E-state index contributed by atoms with van der Waals surface area (Å²) in [5.41, 5.74) is 4.49. The number of oxime groups is 1. The van der Waals surface area contributed by atoms with Crippen LogP contribution in [-0.4, -0.2) is 29.0 Å². The summed E-state index contributed by atoms with van der Waals surface area (Å²) < 4.78 is 15.3. The Morgan fingerprint density at radius 2 is 1.93 bits per heavy atom. The lowest BCUT2D eigenvalue weighted by atomic mass is 10.0. The molecule has 0 bridgehead atoms. The zero-order valence-corrected chi connectivity index (χ0v) is 16.2. The van der Waals surface area contributed by atoms with Crippen molar-refractivity contribution in [2.75, 3.05) is 12.4 Å². The second-order valence-corrected chi connectivity index (χ2v) is 6.42. The van der Waals surface area contributed by atoms with Crippen molar-refractivity contribution >= 4 is 17.8 Å². The van der Waals surface area contributed by atoms with Crippen LogP contribution in [0.15, 0.2) is 47.6 Å². The van der Waals surface area contributed by atoms with Crippen molar-refractivity contribution in [3.8, 4) is 11.1 Å². The van der Waals surface area contributed by atoms with Gasteiger partial charge in [0, 0.05) is 18.3 Å². The SMILES string of the molecule is CO/N=C/c1ccc(-c2ccc(C)cc2NC(=O)c2c(C)nn(C)c2F)cc1. The van der Waals surface area contributed by atoms with Gasteiger partial charge in [-0.05, 0) is 36.6 Å². The zero-order valence-electron chi connectivity index (χ0n) is 16.2. The Morgan fingerprint density at radius 3 is 2.54 bits per heavy atom. The van der Waals surface area contributed by atoms with E-state index >= 15 is 0 Å². The van der Waals surface area contributed by atoms with Crippen LogP contribution in [-0.2, 0) is 11.9 Å². The topological polar surface area (TPSA) is 68.5 Å². The van der Waals surface area contributed by atoms with E-state index in [9.17, 15) is 9.18 Å². The van der Waals surface area contributed by atoms with Crippen molar-refractivity contribution in [2.45, 2.75) is 13.8 Å². The van der Waals surface area contributed by atoms with Gasteiger partial charge in [-0.25, -0.2) is 4.68 Å². The number of anilines is 1. The van der Waals surface area contributed by atoms with Gasteiger partial charge in [-0.3, -0.25) is 4.79 Å². The van der Waals surface area contributed by atoms with Gasteiger partial charge in [-0.1, -0.05) is 41.6 Å². The number of nitrogens with zero attached hydrogens (tertiary/aromatic N) is 3. The Labute approximate surface area is 162 Å². The van der Waals surface area contributed by atoms with Crippen LogP contribution in [0.3, 0.4) is 0 Å². The number of carbonyl (C=O) groups excluding carboxylic acids is 1. The average Bonchev–Trinajstić information content (AvgIpc) is 2.92. The second kappa shape index (κ2) is 8.04. The molecule has 0 atom stereocenters. The van der Waals surface area contributed by atoms with E-state index in [1.165, 1.54) is 14.2 Å². The lowest BCUT2D eigenvalue weighted by Crippen LogP contribution is -2.15. The van der Waals surface area contributed by atoms with Gasteiger partial charge in [0.2, 0.25) is 5.95 Å². The Bertz CT molecular complexity index is 1040. The fourth-order valence-electron chi connectivity index (χ4n) is 2.95. The molecule has 7 heteroatoms. The van der Waals surface area contributed by atoms with Gasteiger partial charge in [0.05, 0.1) is 11.9 Å². The van der Waals surface area contributed by atoms with Crippen molar-refractivity contribution < 1.29 is 14.0 Å². The summed E-state index contributed by atoms with van der Waals surface area (Å²) in [5, 5.41) is 10.5. The van der Waals surface area contributed by atoms with E-state index in [-0.39, 0.29) is 5.56 Å². The minimum atomic E-state index is -0.661. The fraction of sp³-hybridized carbons (Fsp3) is 0.190. The van der Waals surface area contributed by atoms with Gasteiger partial charge in [-0.15, -0.1) is 0 Å². The molecule has 3 aromatic rings. The molecule has 1 heterocycles. The fourth-order valence-corrected chi connectivity index (χ4v) is 2.95. The quantitative estimate of drug-likeness (QED) is 0.536. The molecule has 6 nitrogen and oxygen atoms in total. The summed E-state index contributed by atoms with van der Waals surface area (Å²) >= 11 is 0. The second-order valence-electron chi connectivity index (χ2n) is 6.42. The number of hydrogen-bond acceptors (Lipinski definition) is 4. The van der Waals surface area contributed by atoms with E-state index in [4.69, 9.17) is 0 Å². The zero-order chi connectivity index (χ0) is 20.3. The smallest absolute Gasteiger partial charge is 0.262 e. The van der Waals surface area contributed by atoms with Gasteiger partial charge < -0.3 is 10.2 Å². The van der Waals surface area contributed by atoms with Crippen LogP contribution >= 0.6 is 0 Å². The van der Waals surface area contributed by atoms with E-state index in [0.717, 1.165) is 26.9 Å². The Morgan fingerprint density at radius 1 is 1.21 bits per heavy atom. The van der Waals surface area contributed by atoms with Gasteiger partial charge in [0.25, 0.3) is 5.91 Å². The molecule has 1 N–H and O–H groups in total. The molecule has 2 aromatic carbocycles. The summed E-state index contributed by atoms with van der Waals surface area (Å²) in [7, 11) is 2.95. The van der Waals surface area contributed by atoms with Crippen molar-refractivity contribution in [3.63, 3.8) is 0 Å². The van der Waals surface area contributed by atoms with Gasteiger partial charge in [0.15, 0.2) is 0 Å². The molecule has 0 fully saturated rings. The number of amides is 1. The molecule has 28 heavy (non-hydrogen) atoms. The van der Waals surface area contributed by atoms with Gasteiger partial charge in [0.1, 0.15) is 12.7 Å². The largest absolute Gasteiger partial charge is 0.399 e. The normalized spacial score (nSPS) is 11.0. The number of aryl methyl sites for hydroxylation is 3. The van der Waals surface area contributed by atoms with E-state index in [1.54, 1.807) is 13.1 Å². The lowest BCUT2D eigenvalue weighted by Gasteiger charge is -2.13. The van der Waals surface area contributed by atoms with Gasteiger partial charge >= 0.3 is 0 Å². The first-order valence-corrected chi connectivity index (χ1v) is 8.68. The Hall–Kier alpha value is -3.48. The van der Waals surface area contributed by atoms with Crippen molar-refractivity contribution in [1.82, 2.24) is 9.78 Å². The molecule has 3 rings (SSSR count). The molecular weight excluding hydrogens is 359 g/mol. The molecule has 0 aliphatic carbocycles. The van der Waals surface area contributed by atoms with Crippen LogP contribution in [0.25, 0.3) is 11.1 Å². The van der Waals surface area contributed by atoms with Crippen LogP contribution in [0.1, 0.15) is 27.2 Å². The Balaban J connectivity index is 1.95. The first-order valence-electron chi connectivity index (χ1n) is 8.68. The van der Waals surface area contributed by atoms with E-state index in [2.05, 4.69) is 20.4 Å². The highest BCUT2D eigenvalue weighted by molar-refractivity contribution is 6.07. The molecule has 0 radical (unpaired) electrons. The highest BCUT2D eigenvalue weighted by Crippen LogP contribution is 2.30. The number of hydrogen-bond donors (Lipinski definition) is 1. The molecule has 1 aromatic heterocycles.